The van der Waals surface area contributed by atoms with Gasteiger partial charge in [0.25, 0.3) is 0 Å². The number of benzene rings is 1. The minimum atomic E-state index is -3.49. The molecule has 8 heteroatoms. The molecule has 0 saturated carbocycles. The van der Waals surface area contributed by atoms with Gasteiger partial charge < -0.3 is 5.32 Å². The number of sulfonamides is 1. The topological polar surface area (TPSA) is 66.5 Å². The van der Waals surface area contributed by atoms with Crippen LogP contribution < -0.4 is 5.32 Å². The molecule has 1 aromatic rings. The summed E-state index contributed by atoms with van der Waals surface area (Å²) in [7, 11) is -3.49. The molecule has 1 aromatic carbocycles. The van der Waals surface area contributed by atoms with Crippen LogP contribution in [0.3, 0.4) is 0 Å². The monoisotopic (exact) mass is 318 g/mol. The van der Waals surface area contributed by atoms with Gasteiger partial charge in [0.2, 0.25) is 15.9 Å². The van der Waals surface area contributed by atoms with Gasteiger partial charge in [-0.25, -0.2) is 17.2 Å². The summed E-state index contributed by atoms with van der Waals surface area (Å²) >= 11 is 0. The number of nitrogens with one attached hydrogen (secondary N) is 1. The van der Waals surface area contributed by atoms with Crippen molar-refractivity contribution in [2.45, 2.75) is 25.3 Å². The summed E-state index contributed by atoms with van der Waals surface area (Å²) in [5.74, 6) is -2.62. The molecule has 1 unspecified atom stereocenters. The zero-order valence-electron chi connectivity index (χ0n) is 11.5. The molecule has 0 radical (unpaired) electrons. The van der Waals surface area contributed by atoms with Gasteiger partial charge in [0.05, 0.1) is 6.26 Å². The number of carbonyl (C=O) groups is 1. The summed E-state index contributed by atoms with van der Waals surface area (Å²) in [4.78, 5) is 12.2. The number of halogens is 2. The van der Waals surface area contributed by atoms with Crippen LogP contribution in [0.5, 0.6) is 0 Å². The molecule has 1 aliphatic heterocycles. The Balaban J connectivity index is 2.16. The Morgan fingerprint density at radius 1 is 1.29 bits per heavy atom. The molecular weight excluding hydrogens is 302 g/mol. The molecule has 1 fully saturated rings. The molecule has 1 amide bonds. The number of carbonyl (C=O) groups excluding carboxylic acids is 1. The van der Waals surface area contributed by atoms with Crippen molar-refractivity contribution >= 4 is 21.6 Å². The Labute approximate surface area is 122 Å². The maximum Gasteiger partial charge on any atom is 0.242 e. The minimum Gasteiger partial charge on any atom is -0.325 e. The molecule has 0 bridgehead atoms. The summed E-state index contributed by atoms with van der Waals surface area (Å²) < 4.78 is 50.5. The van der Waals surface area contributed by atoms with Crippen LogP contribution in [-0.2, 0) is 14.8 Å². The highest BCUT2D eigenvalue weighted by Crippen LogP contribution is 2.22. The van der Waals surface area contributed by atoms with Gasteiger partial charge in [0, 0.05) is 18.3 Å². The van der Waals surface area contributed by atoms with Crippen molar-refractivity contribution in [1.82, 2.24) is 4.31 Å². The first-order valence-corrected chi connectivity index (χ1v) is 8.36. The number of anilines is 1. The lowest BCUT2D eigenvalue weighted by Crippen LogP contribution is -2.49. The molecule has 1 saturated heterocycles. The largest absolute Gasteiger partial charge is 0.325 e. The lowest BCUT2D eigenvalue weighted by molar-refractivity contribution is -0.120. The number of nitrogens with zero attached hydrogens (tertiary/aromatic N) is 1. The fourth-order valence-electron chi connectivity index (χ4n) is 2.36. The van der Waals surface area contributed by atoms with Crippen LogP contribution in [0.4, 0.5) is 14.5 Å². The summed E-state index contributed by atoms with van der Waals surface area (Å²) in [6.45, 7) is 0.286. The van der Waals surface area contributed by atoms with E-state index in [4.69, 9.17) is 0 Å². The molecule has 0 aliphatic carbocycles. The summed E-state index contributed by atoms with van der Waals surface area (Å²) in [5.41, 5.74) is 0.0953. The number of piperidine rings is 1. The molecule has 5 nitrogen and oxygen atoms in total. The molecule has 1 N–H and O–H groups in total. The molecule has 0 spiro atoms. The number of rotatable bonds is 3. The molecule has 1 heterocycles. The second-order valence-corrected chi connectivity index (χ2v) is 6.94. The third-order valence-corrected chi connectivity index (χ3v) is 4.66. The lowest BCUT2D eigenvalue weighted by atomic mass is 10.0. The Bertz CT molecular complexity index is 649. The van der Waals surface area contributed by atoms with Gasteiger partial charge in [-0.3, -0.25) is 4.79 Å². The molecule has 21 heavy (non-hydrogen) atoms. The standard InChI is InChI=1S/C13H16F2N2O3S/c1-21(19,20)17-7-3-2-4-12(17)13(18)16-9-5-6-10(14)11(15)8-9/h5-6,8,12H,2-4,7H2,1H3,(H,16,18). The Morgan fingerprint density at radius 3 is 2.62 bits per heavy atom. The molecule has 1 atom stereocenters. The summed E-state index contributed by atoms with van der Waals surface area (Å²) in [6.07, 6.45) is 2.89. The van der Waals surface area contributed by atoms with Crippen molar-refractivity contribution < 1.29 is 22.0 Å². The van der Waals surface area contributed by atoms with E-state index in [1.54, 1.807) is 0 Å². The van der Waals surface area contributed by atoms with Crippen LogP contribution in [-0.4, -0.2) is 37.5 Å². The zero-order chi connectivity index (χ0) is 15.6. The van der Waals surface area contributed by atoms with E-state index >= 15 is 0 Å². The highest BCUT2D eigenvalue weighted by Gasteiger charge is 2.34. The normalized spacial score (nSPS) is 20.2. The van der Waals surface area contributed by atoms with E-state index in [1.807, 2.05) is 0 Å². The first kappa shape index (κ1) is 15.8. The van der Waals surface area contributed by atoms with E-state index in [0.717, 1.165) is 29.1 Å². The molecule has 1 aliphatic rings. The van der Waals surface area contributed by atoms with E-state index < -0.39 is 33.6 Å². The second kappa shape index (κ2) is 6.07. The predicted octanol–water partition coefficient (Wildman–Crippen LogP) is 1.72. The van der Waals surface area contributed by atoms with Crippen molar-refractivity contribution in [2.24, 2.45) is 0 Å². The minimum absolute atomic E-state index is 0.0953. The number of hydrogen-bond donors (Lipinski definition) is 1. The van der Waals surface area contributed by atoms with Crippen molar-refractivity contribution in [2.75, 3.05) is 18.1 Å². The summed E-state index contributed by atoms with van der Waals surface area (Å²) in [6, 6.07) is 2.17. The Kier molecular flexibility index (Phi) is 4.58. The smallest absolute Gasteiger partial charge is 0.242 e. The molecule has 116 valence electrons. The number of amides is 1. The van der Waals surface area contributed by atoms with Gasteiger partial charge in [0.1, 0.15) is 6.04 Å². The van der Waals surface area contributed by atoms with E-state index in [1.165, 1.54) is 6.07 Å². The zero-order valence-corrected chi connectivity index (χ0v) is 12.3. The fourth-order valence-corrected chi connectivity index (χ4v) is 3.49. The van der Waals surface area contributed by atoms with Gasteiger partial charge in [-0.1, -0.05) is 6.42 Å². The van der Waals surface area contributed by atoms with Crippen molar-refractivity contribution in [3.05, 3.63) is 29.8 Å². The van der Waals surface area contributed by atoms with E-state index in [9.17, 15) is 22.0 Å². The summed E-state index contributed by atoms with van der Waals surface area (Å²) in [5, 5.41) is 2.43. The van der Waals surface area contributed by atoms with Crippen LogP contribution >= 0.6 is 0 Å². The van der Waals surface area contributed by atoms with Gasteiger partial charge in [0.15, 0.2) is 11.6 Å². The maximum atomic E-state index is 13.1. The quantitative estimate of drug-likeness (QED) is 0.923. The fraction of sp³-hybridized carbons (Fsp3) is 0.462. The Hall–Kier alpha value is -1.54. The van der Waals surface area contributed by atoms with E-state index in [0.29, 0.717) is 12.8 Å². The van der Waals surface area contributed by atoms with Crippen LogP contribution in [0.1, 0.15) is 19.3 Å². The van der Waals surface area contributed by atoms with Crippen LogP contribution in [0.25, 0.3) is 0 Å². The molecule has 2 rings (SSSR count). The maximum absolute atomic E-state index is 13.1. The average molecular weight is 318 g/mol. The third kappa shape index (κ3) is 3.76. The highest BCUT2D eigenvalue weighted by atomic mass is 32.2. The third-order valence-electron chi connectivity index (χ3n) is 3.37. The first-order chi connectivity index (χ1) is 9.79. The average Bonchev–Trinajstić information content (AvgIpc) is 2.42. The lowest BCUT2D eigenvalue weighted by Gasteiger charge is -2.32. The second-order valence-electron chi connectivity index (χ2n) is 5.00. The van der Waals surface area contributed by atoms with Crippen LogP contribution in [0.2, 0.25) is 0 Å². The van der Waals surface area contributed by atoms with Gasteiger partial charge >= 0.3 is 0 Å². The van der Waals surface area contributed by atoms with Gasteiger partial charge in [-0.2, -0.15) is 4.31 Å². The predicted molar refractivity (Wildman–Crippen MR) is 74.2 cm³/mol. The van der Waals surface area contributed by atoms with Crippen molar-refractivity contribution in [3.63, 3.8) is 0 Å². The Morgan fingerprint density at radius 2 is 2.00 bits per heavy atom. The SMILES string of the molecule is CS(=O)(=O)N1CCCCC1C(=O)Nc1ccc(F)c(F)c1. The van der Waals surface area contributed by atoms with Gasteiger partial charge in [-0.15, -0.1) is 0 Å². The van der Waals surface area contributed by atoms with Crippen molar-refractivity contribution in [3.8, 4) is 0 Å². The first-order valence-electron chi connectivity index (χ1n) is 6.52. The van der Waals surface area contributed by atoms with E-state index in [2.05, 4.69) is 5.32 Å². The van der Waals surface area contributed by atoms with E-state index in [-0.39, 0.29) is 12.2 Å². The van der Waals surface area contributed by atoms with Crippen molar-refractivity contribution in [1.29, 1.82) is 0 Å². The van der Waals surface area contributed by atoms with Crippen LogP contribution in [0.15, 0.2) is 18.2 Å². The number of hydrogen-bond acceptors (Lipinski definition) is 3. The highest BCUT2D eigenvalue weighted by molar-refractivity contribution is 7.88. The van der Waals surface area contributed by atoms with Crippen LogP contribution in [0, 0.1) is 11.6 Å². The molecule has 0 aromatic heterocycles. The molecular formula is C13H16F2N2O3S. The van der Waals surface area contributed by atoms with Gasteiger partial charge in [-0.05, 0) is 25.0 Å².